The Morgan fingerprint density at radius 1 is 1.12 bits per heavy atom. The minimum absolute atomic E-state index is 0.0765. The molecule has 0 spiro atoms. The van der Waals surface area contributed by atoms with Crippen molar-refractivity contribution in [3.05, 3.63) is 29.3 Å². The summed E-state index contributed by atoms with van der Waals surface area (Å²) in [6, 6.07) is 5.50. The molecule has 0 unspecified atom stereocenters. The zero-order valence-corrected chi connectivity index (χ0v) is 16.1. The van der Waals surface area contributed by atoms with Crippen molar-refractivity contribution in [3.63, 3.8) is 0 Å². The predicted molar refractivity (Wildman–Crippen MR) is 97.7 cm³/mol. The van der Waals surface area contributed by atoms with Crippen LogP contribution >= 0.6 is 0 Å². The second-order valence-electron chi connectivity index (χ2n) is 7.56. The number of benzene rings is 1. The van der Waals surface area contributed by atoms with Gasteiger partial charge in [-0.15, -0.1) is 0 Å². The van der Waals surface area contributed by atoms with E-state index in [1.54, 1.807) is 12.1 Å². The number of hydrogen-bond donors (Lipinski definition) is 1. The van der Waals surface area contributed by atoms with Gasteiger partial charge in [-0.25, -0.2) is 8.42 Å². The molecule has 2 fully saturated rings. The quantitative estimate of drug-likeness (QED) is 0.873. The van der Waals surface area contributed by atoms with E-state index in [-0.39, 0.29) is 17.9 Å². The first-order chi connectivity index (χ1) is 11.8. The minimum Gasteiger partial charge on any atom is -0.353 e. The summed E-state index contributed by atoms with van der Waals surface area (Å²) in [6.07, 6.45) is 3.59. The Hall–Kier alpha value is -1.40. The van der Waals surface area contributed by atoms with E-state index in [0.717, 1.165) is 11.1 Å². The van der Waals surface area contributed by atoms with E-state index in [9.17, 15) is 13.2 Å². The zero-order valence-electron chi connectivity index (χ0n) is 15.3. The van der Waals surface area contributed by atoms with Crippen molar-refractivity contribution in [2.45, 2.75) is 57.4 Å². The maximum Gasteiger partial charge on any atom is 0.243 e. The Labute approximate surface area is 150 Å². The van der Waals surface area contributed by atoms with E-state index in [2.05, 4.69) is 12.2 Å². The molecule has 1 heterocycles. The third-order valence-electron chi connectivity index (χ3n) is 5.64. The molecule has 6 heteroatoms. The molecule has 1 aromatic rings. The molecule has 0 aromatic heterocycles. The van der Waals surface area contributed by atoms with E-state index in [1.807, 2.05) is 19.9 Å². The second-order valence-corrected chi connectivity index (χ2v) is 9.50. The Balaban J connectivity index is 1.60. The van der Waals surface area contributed by atoms with E-state index in [4.69, 9.17) is 0 Å². The molecule has 2 aliphatic rings. The summed E-state index contributed by atoms with van der Waals surface area (Å²) in [4.78, 5) is 12.7. The highest BCUT2D eigenvalue weighted by molar-refractivity contribution is 7.89. The fraction of sp³-hybridized carbons (Fsp3) is 0.632. The smallest absolute Gasteiger partial charge is 0.243 e. The number of piperidine rings is 1. The fourth-order valence-corrected chi connectivity index (χ4v) is 4.99. The normalized spacial score (nSPS) is 21.1. The van der Waals surface area contributed by atoms with E-state index in [0.29, 0.717) is 36.7 Å². The molecule has 138 valence electrons. The average Bonchev–Trinajstić information content (AvgIpc) is 3.42. The number of carbonyl (C=O) groups is 1. The lowest BCUT2D eigenvalue weighted by molar-refractivity contribution is -0.126. The van der Waals surface area contributed by atoms with Crippen LogP contribution in [0.25, 0.3) is 0 Å². The van der Waals surface area contributed by atoms with Crippen LogP contribution in [0.15, 0.2) is 23.1 Å². The lowest BCUT2D eigenvalue weighted by Crippen LogP contribution is -2.45. The summed E-state index contributed by atoms with van der Waals surface area (Å²) in [5.74, 6) is 0.643. The van der Waals surface area contributed by atoms with Gasteiger partial charge in [0.25, 0.3) is 0 Å². The maximum absolute atomic E-state index is 12.8. The van der Waals surface area contributed by atoms with Crippen molar-refractivity contribution >= 4 is 15.9 Å². The van der Waals surface area contributed by atoms with Gasteiger partial charge in [0.15, 0.2) is 0 Å². The number of sulfonamides is 1. The van der Waals surface area contributed by atoms with Gasteiger partial charge in [-0.2, -0.15) is 4.31 Å². The van der Waals surface area contributed by atoms with Gasteiger partial charge in [-0.3, -0.25) is 4.79 Å². The highest BCUT2D eigenvalue weighted by Gasteiger charge is 2.34. The highest BCUT2D eigenvalue weighted by atomic mass is 32.2. The van der Waals surface area contributed by atoms with Gasteiger partial charge in [0.05, 0.1) is 4.90 Å². The molecule has 1 saturated heterocycles. The number of amides is 1. The van der Waals surface area contributed by atoms with Crippen LogP contribution in [0.4, 0.5) is 0 Å². The molecule has 1 N–H and O–H groups in total. The van der Waals surface area contributed by atoms with Crippen molar-refractivity contribution in [3.8, 4) is 0 Å². The second kappa shape index (κ2) is 7.08. The van der Waals surface area contributed by atoms with Crippen LogP contribution in [0.3, 0.4) is 0 Å². The lowest BCUT2D eigenvalue weighted by atomic mass is 9.96. The molecular formula is C19H28N2O3S. The number of hydrogen-bond acceptors (Lipinski definition) is 3. The molecule has 1 aromatic carbocycles. The molecule has 3 rings (SSSR count). The third kappa shape index (κ3) is 4.06. The summed E-state index contributed by atoms with van der Waals surface area (Å²) >= 11 is 0. The molecule has 0 radical (unpaired) electrons. The molecular weight excluding hydrogens is 336 g/mol. The molecule has 1 aliphatic carbocycles. The van der Waals surface area contributed by atoms with Crippen LogP contribution in [0, 0.1) is 25.7 Å². The zero-order chi connectivity index (χ0) is 18.2. The lowest BCUT2D eigenvalue weighted by Gasteiger charge is -2.31. The monoisotopic (exact) mass is 364 g/mol. The third-order valence-corrected chi connectivity index (χ3v) is 7.53. The van der Waals surface area contributed by atoms with Crippen LogP contribution in [-0.2, 0) is 14.8 Å². The van der Waals surface area contributed by atoms with Gasteiger partial charge in [-0.05, 0) is 75.6 Å². The fourth-order valence-electron chi connectivity index (χ4n) is 3.44. The molecule has 1 aliphatic heterocycles. The highest BCUT2D eigenvalue weighted by Crippen LogP contribution is 2.33. The summed E-state index contributed by atoms with van der Waals surface area (Å²) in [5, 5.41) is 3.10. The molecule has 1 atom stereocenters. The van der Waals surface area contributed by atoms with Crippen molar-refractivity contribution in [2.24, 2.45) is 11.8 Å². The topological polar surface area (TPSA) is 66.5 Å². The van der Waals surface area contributed by atoms with Crippen LogP contribution < -0.4 is 5.32 Å². The summed E-state index contributed by atoms with van der Waals surface area (Å²) < 4.78 is 27.2. The van der Waals surface area contributed by atoms with Crippen LogP contribution in [0.1, 0.15) is 43.7 Å². The van der Waals surface area contributed by atoms with Gasteiger partial charge in [0.2, 0.25) is 15.9 Å². The first-order valence-corrected chi connectivity index (χ1v) is 10.6. The molecule has 5 nitrogen and oxygen atoms in total. The molecule has 25 heavy (non-hydrogen) atoms. The Bertz CT molecular complexity index is 748. The summed E-state index contributed by atoms with van der Waals surface area (Å²) in [5.41, 5.74) is 2.06. The maximum atomic E-state index is 12.8. The van der Waals surface area contributed by atoms with Crippen molar-refractivity contribution in [1.29, 1.82) is 0 Å². The van der Waals surface area contributed by atoms with Gasteiger partial charge in [0, 0.05) is 25.0 Å². The molecule has 1 saturated carbocycles. The number of nitrogens with zero attached hydrogens (tertiary/aromatic N) is 1. The van der Waals surface area contributed by atoms with Gasteiger partial charge < -0.3 is 5.32 Å². The van der Waals surface area contributed by atoms with E-state index < -0.39 is 10.0 Å². The van der Waals surface area contributed by atoms with Crippen LogP contribution in [0.5, 0.6) is 0 Å². The SMILES string of the molecule is Cc1ccc(S(=O)(=O)N2CCC(C(=O)N[C@@H](C)C3CC3)CC2)cc1C. The first-order valence-electron chi connectivity index (χ1n) is 9.17. The minimum atomic E-state index is -3.48. The standard InChI is InChI=1S/C19H28N2O3S/c1-13-4-7-18(12-14(13)2)25(23,24)21-10-8-17(9-11-21)19(22)20-15(3)16-5-6-16/h4,7,12,15-17H,5-6,8-11H2,1-3H3,(H,20,22)/t15-/m0/s1. The van der Waals surface area contributed by atoms with E-state index in [1.165, 1.54) is 17.1 Å². The Morgan fingerprint density at radius 2 is 1.76 bits per heavy atom. The van der Waals surface area contributed by atoms with Crippen molar-refractivity contribution in [2.75, 3.05) is 13.1 Å². The molecule has 0 bridgehead atoms. The van der Waals surface area contributed by atoms with Crippen molar-refractivity contribution < 1.29 is 13.2 Å². The summed E-state index contributed by atoms with van der Waals surface area (Å²) in [7, 11) is -3.48. The number of carbonyl (C=O) groups excluding carboxylic acids is 1. The van der Waals surface area contributed by atoms with Crippen molar-refractivity contribution in [1.82, 2.24) is 9.62 Å². The average molecular weight is 365 g/mol. The van der Waals surface area contributed by atoms with Gasteiger partial charge >= 0.3 is 0 Å². The Kier molecular flexibility index (Phi) is 5.21. The van der Waals surface area contributed by atoms with Crippen LogP contribution in [0.2, 0.25) is 0 Å². The number of aryl methyl sites for hydroxylation is 2. The number of rotatable bonds is 5. The van der Waals surface area contributed by atoms with Gasteiger partial charge in [0.1, 0.15) is 0 Å². The molecule has 1 amide bonds. The Morgan fingerprint density at radius 3 is 2.32 bits per heavy atom. The number of nitrogens with one attached hydrogen (secondary N) is 1. The largest absolute Gasteiger partial charge is 0.353 e. The summed E-state index contributed by atoms with van der Waals surface area (Å²) in [6.45, 7) is 6.77. The first kappa shape index (κ1) is 18.4. The predicted octanol–water partition coefficient (Wildman–Crippen LogP) is 2.62. The van der Waals surface area contributed by atoms with Gasteiger partial charge in [-0.1, -0.05) is 6.07 Å². The van der Waals surface area contributed by atoms with E-state index >= 15 is 0 Å². The van der Waals surface area contributed by atoms with Crippen LogP contribution in [-0.4, -0.2) is 37.8 Å².